The summed E-state index contributed by atoms with van der Waals surface area (Å²) < 4.78 is 9.79. The van der Waals surface area contributed by atoms with Gasteiger partial charge >= 0.3 is 0 Å². The van der Waals surface area contributed by atoms with E-state index in [1.165, 1.54) is 5.56 Å². The van der Waals surface area contributed by atoms with Crippen LogP contribution in [0.25, 0.3) is 0 Å². The molecule has 2 rings (SSSR count). The number of nitrogens with zero attached hydrogens (tertiary/aromatic N) is 2. The van der Waals surface area contributed by atoms with E-state index >= 15 is 0 Å². The monoisotopic (exact) mass is 415 g/mol. The Labute approximate surface area is 142 Å². The lowest BCUT2D eigenvalue weighted by atomic mass is 10.2. The number of halogens is 2. The fraction of sp³-hybridized carbons (Fsp3) is 0.400. The minimum Gasteiger partial charge on any atom is -0.489 e. The van der Waals surface area contributed by atoms with Gasteiger partial charge in [0.1, 0.15) is 12.4 Å². The van der Waals surface area contributed by atoms with Gasteiger partial charge in [-0.05, 0) is 62.5 Å². The van der Waals surface area contributed by atoms with Crippen LogP contribution in [0.5, 0.6) is 5.75 Å². The average molecular weight is 417 g/mol. The zero-order valence-electron chi connectivity index (χ0n) is 12.0. The molecule has 1 aromatic heterocycles. The van der Waals surface area contributed by atoms with Crippen molar-refractivity contribution < 1.29 is 4.74 Å². The van der Waals surface area contributed by atoms with Gasteiger partial charge in [0.2, 0.25) is 0 Å². The molecule has 0 amide bonds. The highest BCUT2D eigenvalue weighted by molar-refractivity contribution is 9.11. The van der Waals surface area contributed by atoms with E-state index in [1.54, 1.807) is 12.5 Å². The molecule has 0 spiro atoms. The molecule has 0 atom stereocenters. The summed E-state index contributed by atoms with van der Waals surface area (Å²) in [6.45, 7) is 5.43. The maximum atomic E-state index is 5.86. The van der Waals surface area contributed by atoms with Gasteiger partial charge in [-0.2, -0.15) is 0 Å². The summed E-state index contributed by atoms with van der Waals surface area (Å²) in [4.78, 5) is 4.01. The van der Waals surface area contributed by atoms with Crippen LogP contribution in [0.3, 0.4) is 0 Å². The lowest BCUT2D eigenvalue weighted by Crippen LogP contribution is -2.14. The summed E-state index contributed by atoms with van der Waals surface area (Å²) >= 11 is 7.17. The Hall–Kier alpha value is -0.850. The predicted octanol–water partition coefficient (Wildman–Crippen LogP) is 3.99. The van der Waals surface area contributed by atoms with Gasteiger partial charge < -0.3 is 14.6 Å². The first-order chi connectivity index (χ1) is 10.2. The van der Waals surface area contributed by atoms with Gasteiger partial charge in [-0.25, -0.2) is 4.98 Å². The van der Waals surface area contributed by atoms with E-state index in [9.17, 15) is 0 Å². The lowest BCUT2D eigenvalue weighted by molar-refractivity contribution is 0.294. The van der Waals surface area contributed by atoms with Crippen molar-refractivity contribution in [2.24, 2.45) is 0 Å². The number of rotatable bonds is 8. The Morgan fingerprint density at radius 2 is 2.05 bits per heavy atom. The first-order valence-corrected chi connectivity index (χ1v) is 8.56. The maximum absolute atomic E-state index is 5.86. The molecule has 4 nitrogen and oxygen atoms in total. The van der Waals surface area contributed by atoms with Crippen LogP contribution in [0.15, 0.2) is 39.8 Å². The van der Waals surface area contributed by atoms with E-state index in [1.807, 2.05) is 10.8 Å². The van der Waals surface area contributed by atoms with Crippen LogP contribution in [-0.2, 0) is 13.1 Å². The van der Waals surface area contributed by atoms with Crippen LogP contribution in [0, 0.1) is 0 Å². The van der Waals surface area contributed by atoms with Gasteiger partial charge in [-0.15, -0.1) is 0 Å². The summed E-state index contributed by atoms with van der Waals surface area (Å²) in [6, 6.07) is 4.19. The second-order valence-corrected chi connectivity index (χ2v) is 6.42. The number of imidazole rings is 1. The Balaban J connectivity index is 1.93. The van der Waals surface area contributed by atoms with Gasteiger partial charge in [-0.1, -0.05) is 6.92 Å². The lowest BCUT2D eigenvalue weighted by Gasteiger charge is -2.13. The second-order valence-electron chi connectivity index (χ2n) is 4.71. The van der Waals surface area contributed by atoms with Gasteiger partial charge in [0.25, 0.3) is 0 Å². The maximum Gasteiger partial charge on any atom is 0.147 e. The van der Waals surface area contributed by atoms with E-state index in [0.717, 1.165) is 40.8 Å². The Bertz CT molecular complexity index is 535. The predicted molar refractivity (Wildman–Crippen MR) is 91.6 cm³/mol. The molecular formula is C15H19Br2N3O. The summed E-state index contributed by atoms with van der Waals surface area (Å²) in [7, 11) is 0. The minimum absolute atomic E-state index is 0.598. The molecule has 0 saturated heterocycles. The minimum atomic E-state index is 0.598. The van der Waals surface area contributed by atoms with Crippen molar-refractivity contribution in [1.29, 1.82) is 0 Å². The molecule has 0 unspecified atom stereocenters. The highest BCUT2D eigenvalue weighted by Gasteiger charge is 2.09. The molecule has 21 heavy (non-hydrogen) atoms. The Kier molecular flexibility index (Phi) is 6.73. The Morgan fingerprint density at radius 1 is 1.29 bits per heavy atom. The van der Waals surface area contributed by atoms with Crippen LogP contribution in [0.1, 0.15) is 18.9 Å². The van der Waals surface area contributed by atoms with Gasteiger partial charge in [0.15, 0.2) is 0 Å². The summed E-state index contributed by atoms with van der Waals surface area (Å²) in [5, 5.41) is 3.39. The van der Waals surface area contributed by atoms with E-state index in [2.05, 4.69) is 61.2 Å². The second kappa shape index (κ2) is 8.56. The molecule has 6 heteroatoms. The van der Waals surface area contributed by atoms with Gasteiger partial charge in [-0.3, -0.25) is 0 Å². The third-order valence-corrected chi connectivity index (χ3v) is 4.15. The van der Waals surface area contributed by atoms with Crippen molar-refractivity contribution in [3.05, 3.63) is 45.4 Å². The molecule has 0 aliphatic carbocycles. The molecule has 0 aliphatic rings. The zero-order chi connectivity index (χ0) is 15.1. The molecule has 114 valence electrons. The SMILES string of the molecule is CCCNCc1cc(Br)c(OCCn2ccnc2)c(Br)c1. The molecule has 1 aromatic carbocycles. The van der Waals surface area contributed by atoms with Crippen molar-refractivity contribution in [2.45, 2.75) is 26.4 Å². The van der Waals surface area contributed by atoms with Crippen LogP contribution in [0.2, 0.25) is 0 Å². The van der Waals surface area contributed by atoms with Crippen LogP contribution < -0.4 is 10.1 Å². The Morgan fingerprint density at radius 3 is 2.67 bits per heavy atom. The van der Waals surface area contributed by atoms with Crippen molar-refractivity contribution >= 4 is 31.9 Å². The van der Waals surface area contributed by atoms with Crippen molar-refractivity contribution in [1.82, 2.24) is 14.9 Å². The number of ether oxygens (including phenoxy) is 1. The summed E-state index contributed by atoms with van der Waals surface area (Å²) in [5.74, 6) is 0.842. The van der Waals surface area contributed by atoms with Crippen LogP contribution in [0.4, 0.5) is 0 Å². The highest BCUT2D eigenvalue weighted by atomic mass is 79.9. The summed E-state index contributed by atoms with van der Waals surface area (Å²) in [5.41, 5.74) is 1.23. The average Bonchev–Trinajstić information content (AvgIpc) is 2.95. The van der Waals surface area contributed by atoms with E-state index in [4.69, 9.17) is 4.74 Å². The molecule has 2 aromatic rings. The molecule has 0 bridgehead atoms. The number of nitrogens with one attached hydrogen (secondary N) is 1. The first-order valence-electron chi connectivity index (χ1n) is 6.98. The standard InChI is InChI=1S/C15H19Br2N3O/c1-2-3-18-10-12-8-13(16)15(14(17)9-12)21-7-6-20-5-4-19-11-20/h4-5,8-9,11,18H,2-3,6-7,10H2,1H3. The topological polar surface area (TPSA) is 39.1 Å². The largest absolute Gasteiger partial charge is 0.489 e. The van der Waals surface area contributed by atoms with Crippen molar-refractivity contribution in [2.75, 3.05) is 13.2 Å². The van der Waals surface area contributed by atoms with Crippen LogP contribution in [-0.4, -0.2) is 22.7 Å². The summed E-state index contributed by atoms with van der Waals surface area (Å²) in [6.07, 6.45) is 6.62. The zero-order valence-corrected chi connectivity index (χ0v) is 15.2. The fourth-order valence-corrected chi connectivity index (χ4v) is 3.44. The van der Waals surface area contributed by atoms with E-state index in [0.29, 0.717) is 6.61 Å². The van der Waals surface area contributed by atoms with E-state index in [-0.39, 0.29) is 0 Å². The molecular weight excluding hydrogens is 398 g/mol. The molecule has 0 saturated carbocycles. The third kappa shape index (κ3) is 5.13. The highest BCUT2D eigenvalue weighted by Crippen LogP contribution is 2.34. The number of benzene rings is 1. The molecule has 0 radical (unpaired) electrons. The normalized spacial score (nSPS) is 10.8. The smallest absolute Gasteiger partial charge is 0.147 e. The molecule has 1 heterocycles. The number of aromatic nitrogens is 2. The number of hydrogen-bond acceptors (Lipinski definition) is 3. The molecule has 0 fully saturated rings. The van der Waals surface area contributed by atoms with E-state index < -0.39 is 0 Å². The molecule has 0 aliphatic heterocycles. The first kappa shape index (κ1) is 16.5. The molecule has 1 N–H and O–H groups in total. The van der Waals surface area contributed by atoms with Gasteiger partial charge in [0, 0.05) is 18.9 Å². The fourth-order valence-electron chi connectivity index (χ4n) is 1.93. The van der Waals surface area contributed by atoms with Crippen molar-refractivity contribution in [3.63, 3.8) is 0 Å². The van der Waals surface area contributed by atoms with Crippen molar-refractivity contribution in [3.8, 4) is 5.75 Å². The van der Waals surface area contributed by atoms with Crippen LogP contribution >= 0.6 is 31.9 Å². The quantitative estimate of drug-likeness (QED) is 0.661. The van der Waals surface area contributed by atoms with Gasteiger partial charge in [0.05, 0.1) is 21.8 Å². The third-order valence-electron chi connectivity index (χ3n) is 2.97. The number of hydrogen-bond donors (Lipinski definition) is 1.